The highest BCUT2D eigenvalue weighted by atomic mass is 32.2. The number of fused-ring (bicyclic) bond motifs is 1. The van der Waals surface area contributed by atoms with Gasteiger partial charge in [-0.1, -0.05) is 18.9 Å². The summed E-state index contributed by atoms with van der Waals surface area (Å²) in [5.41, 5.74) is 1.89. The van der Waals surface area contributed by atoms with Crippen LogP contribution in [0.2, 0.25) is 0 Å². The van der Waals surface area contributed by atoms with E-state index in [1.165, 1.54) is 26.6 Å². The van der Waals surface area contributed by atoms with Crippen molar-refractivity contribution in [3.8, 4) is 6.07 Å². The van der Waals surface area contributed by atoms with Gasteiger partial charge < -0.3 is 5.32 Å². The molecule has 1 aliphatic heterocycles. The summed E-state index contributed by atoms with van der Waals surface area (Å²) in [4.78, 5) is 14.2. The Balaban J connectivity index is 1.58. The van der Waals surface area contributed by atoms with E-state index in [0.717, 1.165) is 56.9 Å². The van der Waals surface area contributed by atoms with Crippen LogP contribution >= 0.6 is 11.3 Å². The lowest BCUT2D eigenvalue weighted by molar-refractivity contribution is 0.102. The molecule has 1 N–H and O–H groups in total. The second-order valence-electron chi connectivity index (χ2n) is 7.83. The Kier molecular flexibility index (Phi) is 6.23. The van der Waals surface area contributed by atoms with Gasteiger partial charge in [-0.05, 0) is 62.3 Å². The predicted octanol–water partition coefficient (Wildman–Crippen LogP) is 4.32. The van der Waals surface area contributed by atoms with E-state index in [0.29, 0.717) is 23.7 Å². The molecule has 2 aliphatic rings. The Labute approximate surface area is 181 Å². The van der Waals surface area contributed by atoms with E-state index in [-0.39, 0.29) is 10.5 Å². The van der Waals surface area contributed by atoms with E-state index < -0.39 is 15.9 Å². The molecule has 0 saturated carbocycles. The molecule has 1 aromatic heterocycles. The van der Waals surface area contributed by atoms with E-state index >= 15 is 0 Å². The van der Waals surface area contributed by atoms with Gasteiger partial charge in [0.1, 0.15) is 11.1 Å². The van der Waals surface area contributed by atoms with Crippen LogP contribution in [0.3, 0.4) is 0 Å². The highest BCUT2D eigenvalue weighted by Gasteiger charge is 2.26. The summed E-state index contributed by atoms with van der Waals surface area (Å²) in [6.07, 6.45) is 7.77. The Morgan fingerprint density at radius 3 is 2.53 bits per heavy atom. The molecule has 1 aliphatic carbocycles. The van der Waals surface area contributed by atoms with Crippen molar-refractivity contribution in [3.63, 3.8) is 0 Å². The third-order valence-corrected chi connectivity index (χ3v) is 8.91. The molecule has 2 aromatic rings. The lowest BCUT2D eigenvalue weighted by atomic mass is 9.96. The van der Waals surface area contributed by atoms with Crippen LogP contribution in [-0.2, 0) is 22.9 Å². The Morgan fingerprint density at radius 1 is 1.07 bits per heavy atom. The highest BCUT2D eigenvalue weighted by molar-refractivity contribution is 7.89. The Bertz CT molecular complexity index is 1090. The van der Waals surface area contributed by atoms with Crippen LogP contribution in [-0.4, -0.2) is 31.7 Å². The van der Waals surface area contributed by atoms with Gasteiger partial charge in [0.2, 0.25) is 10.0 Å². The number of carbonyl (C=O) groups is 1. The number of thiophene rings is 1. The average Bonchev–Trinajstić information content (AvgIpc) is 2.91. The summed E-state index contributed by atoms with van der Waals surface area (Å²) >= 11 is 1.46. The SMILES string of the molecule is N#Cc1c(NC(=O)c2cccc(S(=O)(=O)N3CCCCCC3)c2)sc2c1CCCC2. The topological polar surface area (TPSA) is 90.3 Å². The number of hydrogen-bond acceptors (Lipinski definition) is 5. The fraction of sp³-hybridized carbons (Fsp3) is 0.455. The summed E-state index contributed by atoms with van der Waals surface area (Å²) in [6, 6.07) is 8.43. The predicted molar refractivity (Wildman–Crippen MR) is 117 cm³/mol. The maximum absolute atomic E-state index is 13.1. The number of anilines is 1. The normalized spacial score (nSPS) is 17.6. The molecule has 0 atom stereocenters. The van der Waals surface area contributed by atoms with E-state index in [9.17, 15) is 18.5 Å². The summed E-state index contributed by atoms with van der Waals surface area (Å²) in [6.45, 7) is 1.04. The van der Waals surface area contributed by atoms with Crippen molar-refractivity contribution in [2.24, 2.45) is 0 Å². The second-order valence-corrected chi connectivity index (χ2v) is 10.9. The molecule has 2 heterocycles. The van der Waals surface area contributed by atoms with Crippen molar-refractivity contribution in [2.45, 2.75) is 56.3 Å². The molecule has 0 unspecified atom stereocenters. The molecule has 0 bridgehead atoms. The standard InChI is InChI=1S/C22H25N3O3S2/c23-15-19-18-10-3-4-11-20(18)29-22(19)24-21(26)16-8-7-9-17(14-16)30(27,28)25-12-5-1-2-6-13-25/h7-9,14H,1-6,10-13H2,(H,24,26). The Hall–Kier alpha value is -2.21. The van der Waals surface area contributed by atoms with Crippen molar-refractivity contribution in [1.29, 1.82) is 5.26 Å². The van der Waals surface area contributed by atoms with Crippen molar-refractivity contribution < 1.29 is 13.2 Å². The summed E-state index contributed by atoms with van der Waals surface area (Å²) in [5.74, 6) is -0.391. The van der Waals surface area contributed by atoms with Gasteiger partial charge in [0.25, 0.3) is 5.91 Å². The molecule has 158 valence electrons. The molecule has 0 radical (unpaired) electrons. The smallest absolute Gasteiger partial charge is 0.256 e. The van der Waals surface area contributed by atoms with Crippen LogP contribution in [0.5, 0.6) is 0 Å². The minimum absolute atomic E-state index is 0.142. The molecule has 6 nitrogen and oxygen atoms in total. The maximum Gasteiger partial charge on any atom is 0.256 e. The number of amides is 1. The average molecular weight is 444 g/mol. The van der Waals surface area contributed by atoms with Gasteiger partial charge >= 0.3 is 0 Å². The minimum atomic E-state index is -3.63. The molecule has 0 spiro atoms. The lowest BCUT2D eigenvalue weighted by Gasteiger charge is -2.20. The van der Waals surface area contributed by atoms with Gasteiger partial charge in [0.05, 0.1) is 10.5 Å². The molecule has 1 amide bonds. The minimum Gasteiger partial charge on any atom is -0.312 e. The van der Waals surface area contributed by atoms with Gasteiger partial charge in [-0.2, -0.15) is 9.57 Å². The molecule has 1 aromatic carbocycles. The number of rotatable bonds is 4. The van der Waals surface area contributed by atoms with Gasteiger partial charge in [0.15, 0.2) is 0 Å². The van der Waals surface area contributed by atoms with Crippen molar-refractivity contribution in [1.82, 2.24) is 4.31 Å². The van der Waals surface area contributed by atoms with E-state index in [1.54, 1.807) is 18.2 Å². The third kappa shape index (κ3) is 4.15. The van der Waals surface area contributed by atoms with Gasteiger partial charge in [-0.15, -0.1) is 11.3 Å². The number of benzene rings is 1. The third-order valence-electron chi connectivity index (χ3n) is 5.81. The van der Waals surface area contributed by atoms with Crippen LogP contribution in [0.4, 0.5) is 5.00 Å². The number of nitriles is 1. The zero-order chi connectivity index (χ0) is 21.1. The van der Waals surface area contributed by atoms with Crippen molar-refractivity contribution in [3.05, 3.63) is 45.8 Å². The van der Waals surface area contributed by atoms with Crippen LogP contribution in [0, 0.1) is 11.3 Å². The zero-order valence-corrected chi connectivity index (χ0v) is 18.4. The quantitative estimate of drug-likeness (QED) is 0.762. The highest BCUT2D eigenvalue weighted by Crippen LogP contribution is 2.37. The lowest BCUT2D eigenvalue weighted by Crippen LogP contribution is -2.32. The van der Waals surface area contributed by atoms with Crippen LogP contribution < -0.4 is 5.32 Å². The molecular weight excluding hydrogens is 418 g/mol. The molecule has 30 heavy (non-hydrogen) atoms. The van der Waals surface area contributed by atoms with Gasteiger partial charge in [-0.25, -0.2) is 8.42 Å². The first-order valence-corrected chi connectivity index (χ1v) is 12.7. The second kappa shape index (κ2) is 8.88. The van der Waals surface area contributed by atoms with E-state index in [4.69, 9.17) is 0 Å². The monoisotopic (exact) mass is 443 g/mol. The fourth-order valence-electron chi connectivity index (χ4n) is 4.18. The van der Waals surface area contributed by atoms with E-state index in [2.05, 4.69) is 11.4 Å². The van der Waals surface area contributed by atoms with Crippen molar-refractivity contribution in [2.75, 3.05) is 18.4 Å². The van der Waals surface area contributed by atoms with Gasteiger partial charge in [-0.3, -0.25) is 4.79 Å². The molecule has 1 saturated heterocycles. The summed E-state index contributed by atoms with van der Waals surface area (Å²) in [5, 5.41) is 13.0. The zero-order valence-electron chi connectivity index (χ0n) is 16.8. The fourth-order valence-corrected chi connectivity index (χ4v) is 6.97. The first-order chi connectivity index (χ1) is 14.5. The molecule has 1 fully saturated rings. The first-order valence-electron chi connectivity index (χ1n) is 10.5. The largest absolute Gasteiger partial charge is 0.312 e. The van der Waals surface area contributed by atoms with E-state index in [1.807, 2.05) is 0 Å². The first kappa shape index (κ1) is 21.0. The van der Waals surface area contributed by atoms with Crippen LogP contribution in [0.25, 0.3) is 0 Å². The summed E-state index contributed by atoms with van der Waals surface area (Å²) in [7, 11) is -3.63. The van der Waals surface area contributed by atoms with Gasteiger partial charge in [0, 0.05) is 23.5 Å². The molecule has 8 heteroatoms. The summed E-state index contributed by atoms with van der Waals surface area (Å²) < 4.78 is 27.6. The van der Waals surface area contributed by atoms with Crippen LogP contribution in [0.15, 0.2) is 29.2 Å². The maximum atomic E-state index is 13.1. The molecule has 4 rings (SSSR count). The number of nitrogens with zero attached hydrogens (tertiary/aromatic N) is 2. The van der Waals surface area contributed by atoms with Crippen LogP contribution in [0.1, 0.15) is 64.9 Å². The molecular formula is C22H25N3O3S2. The van der Waals surface area contributed by atoms with Crippen molar-refractivity contribution >= 4 is 32.3 Å². The Morgan fingerprint density at radius 2 is 1.80 bits per heavy atom. The number of nitrogens with one attached hydrogen (secondary N) is 1. The number of sulfonamides is 1. The number of hydrogen-bond donors (Lipinski definition) is 1. The number of carbonyl (C=O) groups excluding carboxylic acids is 1. The number of aryl methyl sites for hydroxylation is 1.